The zero-order valence-electron chi connectivity index (χ0n) is 12.0. The summed E-state index contributed by atoms with van der Waals surface area (Å²) in [4.78, 5) is 12.3. The molecule has 0 amide bonds. The molecule has 3 nitrogen and oxygen atoms in total. The lowest BCUT2D eigenvalue weighted by molar-refractivity contribution is -0.154. The number of esters is 1. The maximum atomic E-state index is 12.3. The van der Waals surface area contributed by atoms with Gasteiger partial charge in [0.05, 0.1) is 6.61 Å². The lowest BCUT2D eigenvalue weighted by atomic mass is 9.71. The highest BCUT2D eigenvalue weighted by Crippen LogP contribution is 2.38. The van der Waals surface area contributed by atoms with Crippen molar-refractivity contribution in [3.63, 3.8) is 0 Å². The smallest absolute Gasteiger partial charge is 0.326 e. The molecule has 1 N–H and O–H groups in total. The minimum atomic E-state index is -0.398. The second kappa shape index (κ2) is 5.60. The summed E-state index contributed by atoms with van der Waals surface area (Å²) in [5, 5.41) is 3.56. The topological polar surface area (TPSA) is 38.3 Å². The van der Waals surface area contributed by atoms with Crippen molar-refractivity contribution in [1.82, 2.24) is 5.32 Å². The fourth-order valence-corrected chi connectivity index (χ4v) is 2.96. The van der Waals surface area contributed by atoms with Crippen LogP contribution in [-0.2, 0) is 9.53 Å². The Kier molecular flexibility index (Phi) is 4.31. The second-order valence-electron chi connectivity index (χ2n) is 6.32. The third-order valence-corrected chi connectivity index (χ3v) is 4.76. The molecule has 0 aromatic rings. The first-order valence-electron chi connectivity index (χ1n) is 7.49. The molecule has 2 fully saturated rings. The summed E-state index contributed by atoms with van der Waals surface area (Å²) in [7, 11) is 0. The molecule has 0 saturated heterocycles. The SMILES string of the molecule is CCOC(=O)C1(NCC2CC2)CCC(C)C(C)C1. The third-order valence-electron chi connectivity index (χ3n) is 4.76. The van der Waals surface area contributed by atoms with Crippen LogP contribution in [0, 0.1) is 17.8 Å². The van der Waals surface area contributed by atoms with Crippen molar-refractivity contribution in [2.24, 2.45) is 17.8 Å². The Balaban J connectivity index is 2.02. The van der Waals surface area contributed by atoms with Gasteiger partial charge in [-0.15, -0.1) is 0 Å². The van der Waals surface area contributed by atoms with E-state index >= 15 is 0 Å². The molecule has 2 aliphatic carbocycles. The van der Waals surface area contributed by atoms with Crippen LogP contribution in [0.1, 0.15) is 52.9 Å². The highest BCUT2D eigenvalue weighted by Gasteiger charge is 2.45. The van der Waals surface area contributed by atoms with Gasteiger partial charge in [0.2, 0.25) is 0 Å². The number of hydrogen-bond acceptors (Lipinski definition) is 3. The fraction of sp³-hybridized carbons (Fsp3) is 0.933. The van der Waals surface area contributed by atoms with Crippen molar-refractivity contribution >= 4 is 5.97 Å². The zero-order chi connectivity index (χ0) is 13.2. The van der Waals surface area contributed by atoms with Crippen LogP contribution < -0.4 is 5.32 Å². The molecule has 0 radical (unpaired) electrons. The predicted octanol–water partition coefficient (Wildman–Crippen LogP) is 2.74. The highest BCUT2D eigenvalue weighted by atomic mass is 16.5. The van der Waals surface area contributed by atoms with Crippen LogP contribution in [0.3, 0.4) is 0 Å². The van der Waals surface area contributed by atoms with Gasteiger partial charge >= 0.3 is 5.97 Å². The number of rotatable bonds is 5. The first kappa shape index (κ1) is 13.9. The van der Waals surface area contributed by atoms with Crippen LogP contribution in [0.4, 0.5) is 0 Å². The van der Waals surface area contributed by atoms with Crippen LogP contribution in [0.2, 0.25) is 0 Å². The summed E-state index contributed by atoms with van der Waals surface area (Å²) in [6.45, 7) is 7.91. The Hall–Kier alpha value is -0.570. The maximum absolute atomic E-state index is 12.3. The number of carbonyl (C=O) groups is 1. The minimum Gasteiger partial charge on any atom is -0.465 e. The number of carbonyl (C=O) groups excluding carboxylic acids is 1. The summed E-state index contributed by atoms with van der Waals surface area (Å²) in [6, 6.07) is 0. The van der Waals surface area contributed by atoms with E-state index in [0.717, 1.165) is 37.6 Å². The van der Waals surface area contributed by atoms with Gasteiger partial charge in [-0.2, -0.15) is 0 Å². The normalized spacial score (nSPS) is 36.4. The Morgan fingerprint density at radius 2 is 2.00 bits per heavy atom. The summed E-state index contributed by atoms with van der Waals surface area (Å²) >= 11 is 0. The molecule has 0 spiro atoms. The van der Waals surface area contributed by atoms with Crippen molar-refractivity contribution in [3.8, 4) is 0 Å². The molecule has 3 atom stereocenters. The van der Waals surface area contributed by atoms with Gasteiger partial charge in [0.25, 0.3) is 0 Å². The van der Waals surface area contributed by atoms with Gasteiger partial charge in [-0.25, -0.2) is 0 Å². The predicted molar refractivity (Wildman–Crippen MR) is 72.3 cm³/mol. The largest absolute Gasteiger partial charge is 0.465 e. The molecule has 3 unspecified atom stereocenters. The standard InChI is InChI=1S/C15H27NO2/c1-4-18-14(17)15(16-10-13-5-6-13)8-7-11(2)12(3)9-15/h11-13,16H,4-10H2,1-3H3. The van der Waals surface area contributed by atoms with Crippen LogP contribution in [-0.4, -0.2) is 24.7 Å². The summed E-state index contributed by atoms with van der Waals surface area (Å²) in [6.07, 6.45) is 5.62. The van der Waals surface area contributed by atoms with Crippen molar-refractivity contribution in [1.29, 1.82) is 0 Å². The Morgan fingerprint density at radius 3 is 2.56 bits per heavy atom. The first-order valence-corrected chi connectivity index (χ1v) is 7.49. The number of hydrogen-bond donors (Lipinski definition) is 1. The van der Waals surface area contributed by atoms with E-state index in [1.165, 1.54) is 12.8 Å². The van der Waals surface area contributed by atoms with Crippen molar-refractivity contribution in [2.45, 2.75) is 58.4 Å². The third kappa shape index (κ3) is 3.05. The molecule has 2 rings (SSSR count). The van der Waals surface area contributed by atoms with Crippen LogP contribution in [0.15, 0.2) is 0 Å². The minimum absolute atomic E-state index is 0.0237. The molecule has 2 saturated carbocycles. The maximum Gasteiger partial charge on any atom is 0.326 e. The van der Waals surface area contributed by atoms with E-state index in [4.69, 9.17) is 4.74 Å². The molecular formula is C15H27NO2. The summed E-state index contributed by atoms with van der Waals surface area (Å²) in [5.41, 5.74) is -0.398. The number of nitrogens with one attached hydrogen (secondary N) is 1. The number of ether oxygens (including phenoxy) is 1. The van der Waals surface area contributed by atoms with E-state index in [9.17, 15) is 4.79 Å². The van der Waals surface area contributed by atoms with E-state index in [2.05, 4.69) is 19.2 Å². The van der Waals surface area contributed by atoms with E-state index in [0.29, 0.717) is 12.5 Å². The molecule has 18 heavy (non-hydrogen) atoms. The van der Waals surface area contributed by atoms with Crippen molar-refractivity contribution in [2.75, 3.05) is 13.2 Å². The fourth-order valence-electron chi connectivity index (χ4n) is 2.96. The van der Waals surface area contributed by atoms with E-state index in [1.807, 2.05) is 6.92 Å². The van der Waals surface area contributed by atoms with Gasteiger partial charge in [-0.05, 0) is 63.3 Å². The van der Waals surface area contributed by atoms with Crippen LogP contribution in [0.25, 0.3) is 0 Å². The first-order chi connectivity index (χ1) is 8.57. The van der Waals surface area contributed by atoms with Crippen molar-refractivity contribution < 1.29 is 9.53 Å². The Labute approximate surface area is 111 Å². The molecule has 104 valence electrons. The lowest BCUT2D eigenvalue weighted by Crippen LogP contribution is -2.57. The van der Waals surface area contributed by atoms with Gasteiger partial charge in [-0.3, -0.25) is 4.79 Å². The quantitative estimate of drug-likeness (QED) is 0.766. The van der Waals surface area contributed by atoms with Gasteiger partial charge in [-0.1, -0.05) is 13.8 Å². The second-order valence-corrected chi connectivity index (χ2v) is 6.32. The molecule has 0 heterocycles. The van der Waals surface area contributed by atoms with Crippen LogP contribution in [0.5, 0.6) is 0 Å². The van der Waals surface area contributed by atoms with Gasteiger partial charge in [0, 0.05) is 0 Å². The van der Waals surface area contributed by atoms with Gasteiger partial charge < -0.3 is 10.1 Å². The Bertz CT molecular complexity index is 301. The molecule has 3 heteroatoms. The van der Waals surface area contributed by atoms with Crippen molar-refractivity contribution in [3.05, 3.63) is 0 Å². The summed E-state index contributed by atoms with van der Waals surface area (Å²) in [5.74, 6) is 2.08. The molecular weight excluding hydrogens is 226 g/mol. The van der Waals surface area contributed by atoms with E-state index in [1.54, 1.807) is 0 Å². The molecule has 0 aliphatic heterocycles. The van der Waals surface area contributed by atoms with Gasteiger partial charge in [0.1, 0.15) is 5.54 Å². The average molecular weight is 253 g/mol. The average Bonchev–Trinajstić information content (AvgIpc) is 3.15. The zero-order valence-corrected chi connectivity index (χ0v) is 12.0. The monoisotopic (exact) mass is 253 g/mol. The Morgan fingerprint density at radius 1 is 1.28 bits per heavy atom. The van der Waals surface area contributed by atoms with E-state index < -0.39 is 5.54 Å². The van der Waals surface area contributed by atoms with Gasteiger partial charge in [0.15, 0.2) is 0 Å². The highest BCUT2D eigenvalue weighted by molar-refractivity contribution is 5.81. The molecule has 2 aliphatic rings. The molecule has 0 bridgehead atoms. The molecule has 0 aromatic heterocycles. The van der Waals surface area contributed by atoms with Crippen LogP contribution >= 0.6 is 0 Å². The lowest BCUT2D eigenvalue weighted by Gasteiger charge is -2.41. The van der Waals surface area contributed by atoms with E-state index in [-0.39, 0.29) is 5.97 Å². The molecule has 0 aromatic carbocycles. The summed E-state index contributed by atoms with van der Waals surface area (Å²) < 4.78 is 5.32.